The molecule has 0 bridgehead atoms. The number of pyridine rings is 1. The van der Waals surface area contributed by atoms with Crippen molar-refractivity contribution in [2.24, 2.45) is 11.7 Å². The number of carbonyl (C=O) groups excluding carboxylic acids is 2. The molecule has 3 aromatic rings. The van der Waals surface area contributed by atoms with Gasteiger partial charge in [0.05, 0.1) is 30.3 Å². The first-order chi connectivity index (χ1) is 20.5. The van der Waals surface area contributed by atoms with E-state index in [9.17, 15) is 14.7 Å². The highest BCUT2D eigenvalue weighted by Crippen LogP contribution is 2.46. The van der Waals surface area contributed by atoms with Crippen molar-refractivity contribution in [2.45, 2.75) is 88.9 Å². The summed E-state index contributed by atoms with van der Waals surface area (Å²) in [6.45, 7) is 5.83. The number of hydrogen-bond acceptors (Lipinski definition) is 6. The van der Waals surface area contributed by atoms with Crippen LogP contribution in [0.3, 0.4) is 0 Å². The molecule has 0 atom stereocenters. The van der Waals surface area contributed by atoms with Crippen molar-refractivity contribution in [3.05, 3.63) is 72.4 Å². The van der Waals surface area contributed by atoms with E-state index in [2.05, 4.69) is 5.32 Å². The summed E-state index contributed by atoms with van der Waals surface area (Å²) in [7, 11) is 1.42. The Hall–Kier alpha value is -3.75. The number of amides is 2. The van der Waals surface area contributed by atoms with Gasteiger partial charge in [-0.1, -0.05) is 54.6 Å². The zero-order chi connectivity index (χ0) is 30.8. The summed E-state index contributed by atoms with van der Waals surface area (Å²) < 4.78 is 5.00. The fraction of sp³-hybridized carbons (Fsp3) is 0.457. The summed E-state index contributed by atoms with van der Waals surface area (Å²) >= 11 is 0. The predicted octanol–water partition coefficient (Wildman–Crippen LogP) is 6.48. The third-order valence-electron chi connectivity index (χ3n) is 9.01. The predicted molar refractivity (Wildman–Crippen MR) is 169 cm³/mol. The van der Waals surface area contributed by atoms with Gasteiger partial charge in [-0.05, 0) is 82.4 Å². The molecule has 0 radical (unpaired) electrons. The third-order valence-corrected chi connectivity index (χ3v) is 9.01. The third kappa shape index (κ3) is 6.92. The number of rotatable bonds is 8. The van der Waals surface area contributed by atoms with Crippen molar-refractivity contribution in [3.8, 4) is 22.4 Å². The zero-order valence-corrected chi connectivity index (χ0v) is 25.7. The number of methoxy groups -OCH3 is 1. The molecule has 2 aromatic carbocycles. The van der Waals surface area contributed by atoms with Crippen molar-refractivity contribution in [3.63, 3.8) is 0 Å². The van der Waals surface area contributed by atoms with Gasteiger partial charge >= 0.3 is 6.09 Å². The molecule has 0 saturated heterocycles. The summed E-state index contributed by atoms with van der Waals surface area (Å²) in [5.41, 5.74) is 10.7. The van der Waals surface area contributed by atoms with Crippen LogP contribution in [-0.2, 0) is 15.1 Å². The molecule has 0 unspecified atom stereocenters. The molecule has 2 aliphatic carbocycles. The van der Waals surface area contributed by atoms with Gasteiger partial charge in [-0.15, -0.1) is 0 Å². The van der Waals surface area contributed by atoms with Crippen LogP contribution in [0.5, 0.6) is 0 Å². The maximum absolute atomic E-state index is 13.1. The quantitative estimate of drug-likeness (QED) is 0.279. The number of hydrogen-bond donors (Lipinski definition) is 3. The average Bonchev–Trinajstić information content (AvgIpc) is 2.97. The van der Waals surface area contributed by atoms with Crippen LogP contribution in [0.2, 0.25) is 0 Å². The van der Waals surface area contributed by atoms with Gasteiger partial charge in [0.25, 0.3) is 0 Å². The Labute approximate surface area is 254 Å². The van der Waals surface area contributed by atoms with E-state index in [0.29, 0.717) is 24.9 Å². The fourth-order valence-electron chi connectivity index (χ4n) is 7.06. The minimum absolute atomic E-state index is 0.0281. The van der Waals surface area contributed by atoms with Crippen LogP contribution in [0.1, 0.15) is 71.3 Å². The van der Waals surface area contributed by atoms with Crippen LogP contribution in [0.15, 0.2) is 66.9 Å². The summed E-state index contributed by atoms with van der Waals surface area (Å²) in [4.78, 5) is 32.0. The Kier molecular flexibility index (Phi) is 8.90. The summed E-state index contributed by atoms with van der Waals surface area (Å²) in [6, 6.07) is 20.4. The molecule has 2 saturated carbocycles. The van der Waals surface area contributed by atoms with Crippen LogP contribution in [0.25, 0.3) is 22.4 Å². The highest BCUT2D eigenvalue weighted by molar-refractivity contribution is 5.93. The Bertz CT molecular complexity index is 1420. The number of aliphatic hydroxyl groups is 1. The highest BCUT2D eigenvalue weighted by Gasteiger charge is 2.49. The van der Waals surface area contributed by atoms with Crippen molar-refractivity contribution in [1.82, 2.24) is 9.88 Å². The first kappa shape index (κ1) is 30.7. The number of benzene rings is 2. The number of aromatic nitrogens is 1. The molecule has 228 valence electrons. The van der Waals surface area contributed by atoms with E-state index in [1.165, 1.54) is 7.11 Å². The number of nitrogens with one attached hydrogen (secondary N) is 1. The molecule has 0 spiro atoms. The molecule has 2 fully saturated rings. The number of ether oxygens (including phenoxy) is 1. The van der Waals surface area contributed by atoms with Crippen LogP contribution in [-0.4, -0.2) is 51.8 Å². The molecule has 4 N–H and O–H groups in total. The van der Waals surface area contributed by atoms with Gasteiger partial charge in [-0.2, -0.15) is 0 Å². The molecule has 2 amide bonds. The molecular formula is C35H44N4O4. The van der Waals surface area contributed by atoms with E-state index in [1.807, 2.05) is 86.3 Å². The van der Waals surface area contributed by atoms with E-state index in [-0.39, 0.29) is 30.0 Å². The molecule has 43 heavy (non-hydrogen) atoms. The Morgan fingerprint density at radius 1 is 1.05 bits per heavy atom. The highest BCUT2D eigenvalue weighted by atomic mass is 16.5. The molecule has 2 aliphatic rings. The van der Waals surface area contributed by atoms with E-state index >= 15 is 0 Å². The van der Waals surface area contributed by atoms with Gasteiger partial charge in [0.1, 0.15) is 0 Å². The fourth-order valence-corrected chi connectivity index (χ4v) is 7.06. The minimum Gasteiger partial charge on any atom is -0.453 e. The molecule has 8 nitrogen and oxygen atoms in total. The number of carbonyl (C=O) groups is 2. The van der Waals surface area contributed by atoms with Gasteiger partial charge in [0.2, 0.25) is 5.91 Å². The Morgan fingerprint density at radius 2 is 1.70 bits per heavy atom. The Balaban J connectivity index is 1.27. The van der Waals surface area contributed by atoms with E-state index in [1.54, 1.807) is 6.20 Å². The molecule has 1 heterocycles. The molecule has 1 aromatic heterocycles. The van der Waals surface area contributed by atoms with E-state index < -0.39 is 11.1 Å². The number of nitrogens with zero attached hydrogens (tertiary/aromatic N) is 2. The first-order valence-electron chi connectivity index (χ1n) is 15.3. The van der Waals surface area contributed by atoms with Crippen molar-refractivity contribution in [2.75, 3.05) is 12.4 Å². The first-order valence-corrected chi connectivity index (χ1v) is 15.3. The van der Waals surface area contributed by atoms with Crippen molar-refractivity contribution >= 4 is 17.7 Å². The van der Waals surface area contributed by atoms with E-state index in [0.717, 1.165) is 53.6 Å². The van der Waals surface area contributed by atoms with E-state index in [4.69, 9.17) is 15.5 Å². The largest absolute Gasteiger partial charge is 0.453 e. The standard InChI is InChI=1S/C35H44N4O4/c1-23(2)39(33(41)43-4)29-16-10-24(11-17-29)18-31(40)38-28-19-30(25-8-6-5-7-9-25)32(37-20-28)26-12-14-27(15-13-26)35(36)21-34(3,42)22-35/h5-9,12-15,19-20,23-24,29,42H,10-11,16-18,21-22,36H2,1-4H3,(H,38,40). The van der Waals surface area contributed by atoms with Gasteiger partial charge in [0, 0.05) is 35.2 Å². The van der Waals surface area contributed by atoms with Gasteiger partial charge in [0.15, 0.2) is 0 Å². The topological polar surface area (TPSA) is 118 Å². The lowest BCUT2D eigenvalue weighted by Gasteiger charge is -2.49. The second-order valence-corrected chi connectivity index (χ2v) is 13.0. The maximum atomic E-state index is 13.1. The normalized spacial score (nSPS) is 25.1. The lowest BCUT2D eigenvalue weighted by Crippen LogP contribution is -2.58. The summed E-state index contributed by atoms with van der Waals surface area (Å²) in [5, 5.41) is 13.3. The molecular weight excluding hydrogens is 540 g/mol. The van der Waals surface area contributed by atoms with Crippen LogP contribution >= 0.6 is 0 Å². The minimum atomic E-state index is -0.714. The zero-order valence-electron chi connectivity index (χ0n) is 25.7. The smallest absolute Gasteiger partial charge is 0.409 e. The Morgan fingerprint density at radius 3 is 2.28 bits per heavy atom. The maximum Gasteiger partial charge on any atom is 0.409 e. The van der Waals surface area contributed by atoms with Gasteiger partial charge < -0.3 is 25.8 Å². The van der Waals surface area contributed by atoms with Gasteiger partial charge in [-0.3, -0.25) is 9.78 Å². The van der Waals surface area contributed by atoms with Crippen molar-refractivity contribution < 1.29 is 19.4 Å². The number of nitrogens with two attached hydrogens (primary N) is 1. The second-order valence-electron chi connectivity index (χ2n) is 13.0. The van der Waals surface area contributed by atoms with Crippen LogP contribution < -0.4 is 11.1 Å². The average molecular weight is 585 g/mol. The van der Waals surface area contributed by atoms with Crippen LogP contribution in [0, 0.1) is 5.92 Å². The summed E-state index contributed by atoms with van der Waals surface area (Å²) in [6.07, 6.45) is 6.45. The van der Waals surface area contributed by atoms with Crippen LogP contribution in [0.4, 0.5) is 10.5 Å². The molecule has 5 rings (SSSR count). The number of anilines is 1. The molecule has 0 aliphatic heterocycles. The molecule has 8 heteroatoms. The monoisotopic (exact) mass is 584 g/mol. The lowest BCUT2D eigenvalue weighted by atomic mass is 9.63. The van der Waals surface area contributed by atoms with Gasteiger partial charge in [-0.25, -0.2) is 4.79 Å². The SMILES string of the molecule is COC(=O)N(C(C)C)C1CCC(CC(=O)Nc2cnc(-c3ccc(C4(N)CC(C)(O)C4)cc3)c(-c3ccccc3)c2)CC1. The lowest BCUT2D eigenvalue weighted by molar-refractivity contribution is -0.117. The second kappa shape index (κ2) is 12.5. The van der Waals surface area contributed by atoms with Crippen molar-refractivity contribution in [1.29, 1.82) is 0 Å². The summed E-state index contributed by atoms with van der Waals surface area (Å²) in [5.74, 6) is 0.243.